The Balaban J connectivity index is 2.68. The SMILES string of the molecule is CCOc1ccc(C(=O)NCC(C)CC(=O)O)cc1OC. The first-order valence-corrected chi connectivity index (χ1v) is 6.78. The molecule has 0 fully saturated rings. The van der Waals surface area contributed by atoms with Crippen LogP contribution in [0.5, 0.6) is 11.5 Å². The zero-order valence-electron chi connectivity index (χ0n) is 12.5. The van der Waals surface area contributed by atoms with Gasteiger partial charge in [-0.05, 0) is 31.0 Å². The number of hydrogen-bond donors (Lipinski definition) is 2. The lowest BCUT2D eigenvalue weighted by molar-refractivity contribution is -0.137. The van der Waals surface area contributed by atoms with Gasteiger partial charge in [-0.25, -0.2) is 0 Å². The van der Waals surface area contributed by atoms with Crippen molar-refractivity contribution in [2.24, 2.45) is 5.92 Å². The first-order valence-electron chi connectivity index (χ1n) is 6.78. The number of carbonyl (C=O) groups excluding carboxylic acids is 1. The average molecular weight is 295 g/mol. The fourth-order valence-corrected chi connectivity index (χ4v) is 1.82. The molecule has 0 aliphatic heterocycles. The zero-order chi connectivity index (χ0) is 15.8. The second-order valence-corrected chi connectivity index (χ2v) is 4.71. The van der Waals surface area contributed by atoms with Gasteiger partial charge in [0.25, 0.3) is 5.91 Å². The molecule has 1 unspecified atom stereocenters. The number of benzene rings is 1. The van der Waals surface area contributed by atoms with Gasteiger partial charge in [-0.1, -0.05) is 6.92 Å². The Morgan fingerprint density at radius 2 is 2.05 bits per heavy atom. The van der Waals surface area contributed by atoms with E-state index in [0.717, 1.165) is 0 Å². The number of amides is 1. The van der Waals surface area contributed by atoms with Crippen LogP contribution in [0.15, 0.2) is 18.2 Å². The number of carboxylic acid groups (broad SMARTS) is 1. The molecule has 0 saturated carbocycles. The van der Waals surface area contributed by atoms with Crippen LogP contribution in [0, 0.1) is 5.92 Å². The van der Waals surface area contributed by atoms with Crippen LogP contribution in [0.2, 0.25) is 0 Å². The number of carbonyl (C=O) groups is 2. The van der Waals surface area contributed by atoms with Gasteiger partial charge in [-0.3, -0.25) is 9.59 Å². The van der Waals surface area contributed by atoms with Crippen molar-refractivity contribution in [3.63, 3.8) is 0 Å². The highest BCUT2D eigenvalue weighted by Crippen LogP contribution is 2.27. The second kappa shape index (κ2) is 8.14. The molecule has 0 aliphatic carbocycles. The Bertz CT molecular complexity index is 501. The van der Waals surface area contributed by atoms with Crippen molar-refractivity contribution in [2.45, 2.75) is 20.3 Å². The molecule has 1 rings (SSSR count). The van der Waals surface area contributed by atoms with Crippen LogP contribution in [0.25, 0.3) is 0 Å². The summed E-state index contributed by atoms with van der Waals surface area (Å²) in [6, 6.07) is 4.92. The Morgan fingerprint density at radius 3 is 2.62 bits per heavy atom. The second-order valence-electron chi connectivity index (χ2n) is 4.71. The molecule has 0 spiro atoms. The van der Waals surface area contributed by atoms with Crippen molar-refractivity contribution >= 4 is 11.9 Å². The minimum atomic E-state index is -0.875. The third-order valence-electron chi connectivity index (χ3n) is 2.86. The summed E-state index contributed by atoms with van der Waals surface area (Å²) >= 11 is 0. The standard InChI is InChI=1S/C15H21NO5/c1-4-21-12-6-5-11(8-13(12)20-3)15(19)16-9-10(2)7-14(17)18/h5-6,8,10H,4,7,9H2,1-3H3,(H,16,19)(H,17,18). The molecule has 2 N–H and O–H groups in total. The van der Waals surface area contributed by atoms with Gasteiger partial charge in [0.15, 0.2) is 11.5 Å². The highest BCUT2D eigenvalue weighted by Gasteiger charge is 2.13. The molecule has 1 atom stereocenters. The Labute approximate surface area is 124 Å². The Morgan fingerprint density at radius 1 is 1.33 bits per heavy atom. The first-order chi connectivity index (χ1) is 9.97. The molecule has 0 saturated heterocycles. The van der Waals surface area contributed by atoms with Crippen molar-refractivity contribution in [1.29, 1.82) is 0 Å². The summed E-state index contributed by atoms with van der Waals surface area (Å²) in [6.45, 7) is 4.45. The van der Waals surface area contributed by atoms with Crippen LogP contribution in [0.4, 0.5) is 0 Å². The van der Waals surface area contributed by atoms with E-state index in [-0.39, 0.29) is 18.2 Å². The van der Waals surface area contributed by atoms with Crippen LogP contribution in [0.1, 0.15) is 30.6 Å². The van der Waals surface area contributed by atoms with E-state index >= 15 is 0 Å². The normalized spacial score (nSPS) is 11.6. The van der Waals surface area contributed by atoms with Gasteiger partial charge < -0.3 is 19.9 Å². The third kappa shape index (κ3) is 5.33. The molecule has 116 valence electrons. The summed E-state index contributed by atoms with van der Waals surface area (Å²) < 4.78 is 10.6. The van der Waals surface area contributed by atoms with Gasteiger partial charge in [0.1, 0.15) is 0 Å². The fourth-order valence-electron chi connectivity index (χ4n) is 1.82. The van der Waals surface area contributed by atoms with Crippen molar-refractivity contribution in [3.05, 3.63) is 23.8 Å². The molecule has 0 heterocycles. The summed E-state index contributed by atoms with van der Waals surface area (Å²) in [5.74, 6) is -0.206. The third-order valence-corrected chi connectivity index (χ3v) is 2.86. The van der Waals surface area contributed by atoms with Gasteiger partial charge in [0.05, 0.1) is 13.7 Å². The minimum absolute atomic E-state index is 0.0207. The zero-order valence-corrected chi connectivity index (χ0v) is 12.5. The molecule has 0 aliphatic rings. The van der Waals surface area contributed by atoms with Gasteiger partial charge >= 0.3 is 5.97 Å². The highest BCUT2D eigenvalue weighted by molar-refractivity contribution is 5.94. The molecule has 1 amide bonds. The monoisotopic (exact) mass is 295 g/mol. The van der Waals surface area contributed by atoms with Gasteiger partial charge in [-0.15, -0.1) is 0 Å². The lowest BCUT2D eigenvalue weighted by Crippen LogP contribution is -2.29. The van der Waals surface area contributed by atoms with Crippen molar-refractivity contribution < 1.29 is 24.2 Å². The van der Waals surface area contributed by atoms with Gasteiger partial charge in [0.2, 0.25) is 0 Å². The van der Waals surface area contributed by atoms with E-state index in [1.54, 1.807) is 25.1 Å². The molecule has 0 aromatic heterocycles. The average Bonchev–Trinajstić information content (AvgIpc) is 2.44. The minimum Gasteiger partial charge on any atom is -0.493 e. The number of methoxy groups -OCH3 is 1. The van der Waals surface area contributed by atoms with E-state index in [2.05, 4.69) is 5.32 Å². The van der Waals surface area contributed by atoms with Crippen LogP contribution >= 0.6 is 0 Å². The Kier molecular flexibility index (Phi) is 6.52. The van der Waals surface area contributed by atoms with E-state index in [1.165, 1.54) is 7.11 Å². The topological polar surface area (TPSA) is 84.9 Å². The van der Waals surface area contributed by atoms with Gasteiger partial charge in [0, 0.05) is 18.5 Å². The molecule has 0 radical (unpaired) electrons. The van der Waals surface area contributed by atoms with Crippen LogP contribution in [-0.4, -0.2) is 37.2 Å². The number of hydrogen-bond acceptors (Lipinski definition) is 4. The van der Waals surface area contributed by atoms with Crippen molar-refractivity contribution in [1.82, 2.24) is 5.32 Å². The molecular formula is C15H21NO5. The van der Waals surface area contributed by atoms with Crippen LogP contribution < -0.4 is 14.8 Å². The molecule has 21 heavy (non-hydrogen) atoms. The van der Waals surface area contributed by atoms with E-state index < -0.39 is 5.97 Å². The predicted octanol–water partition coefficient (Wildman–Crippen LogP) is 1.93. The summed E-state index contributed by atoms with van der Waals surface area (Å²) in [7, 11) is 1.51. The molecule has 1 aromatic carbocycles. The van der Waals surface area contributed by atoms with E-state index in [1.807, 2.05) is 6.92 Å². The lowest BCUT2D eigenvalue weighted by Gasteiger charge is -2.13. The highest BCUT2D eigenvalue weighted by atomic mass is 16.5. The molecule has 6 heteroatoms. The Hall–Kier alpha value is -2.24. The van der Waals surface area contributed by atoms with Crippen LogP contribution in [-0.2, 0) is 4.79 Å². The maximum absolute atomic E-state index is 12.0. The van der Waals surface area contributed by atoms with Gasteiger partial charge in [-0.2, -0.15) is 0 Å². The largest absolute Gasteiger partial charge is 0.493 e. The van der Waals surface area contributed by atoms with E-state index in [9.17, 15) is 9.59 Å². The summed E-state index contributed by atoms with van der Waals surface area (Å²) in [5.41, 5.74) is 0.442. The maximum Gasteiger partial charge on any atom is 0.303 e. The summed E-state index contributed by atoms with van der Waals surface area (Å²) in [6.07, 6.45) is 0.0207. The molecular weight excluding hydrogens is 274 g/mol. The van der Waals surface area contributed by atoms with Crippen molar-refractivity contribution in [3.8, 4) is 11.5 Å². The quantitative estimate of drug-likeness (QED) is 0.765. The molecule has 0 bridgehead atoms. The number of nitrogens with one attached hydrogen (secondary N) is 1. The number of aliphatic carboxylic acids is 1. The fraction of sp³-hybridized carbons (Fsp3) is 0.467. The summed E-state index contributed by atoms with van der Waals surface area (Å²) in [4.78, 5) is 22.6. The maximum atomic E-state index is 12.0. The van der Waals surface area contributed by atoms with Crippen molar-refractivity contribution in [2.75, 3.05) is 20.3 Å². The van der Waals surface area contributed by atoms with Crippen LogP contribution in [0.3, 0.4) is 0 Å². The predicted molar refractivity (Wildman–Crippen MR) is 77.9 cm³/mol. The summed E-state index contributed by atoms with van der Waals surface area (Å²) in [5, 5.41) is 11.4. The number of carboxylic acids is 1. The number of ether oxygens (including phenoxy) is 2. The molecule has 6 nitrogen and oxygen atoms in total. The first kappa shape index (κ1) is 16.8. The van der Waals surface area contributed by atoms with E-state index in [4.69, 9.17) is 14.6 Å². The molecule has 1 aromatic rings. The lowest BCUT2D eigenvalue weighted by atomic mass is 10.1. The van der Waals surface area contributed by atoms with E-state index in [0.29, 0.717) is 30.2 Å². The smallest absolute Gasteiger partial charge is 0.303 e. The number of rotatable bonds is 8.